The van der Waals surface area contributed by atoms with E-state index in [0.29, 0.717) is 12.4 Å². The third-order valence-electron chi connectivity index (χ3n) is 3.29. The van der Waals surface area contributed by atoms with E-state index in [1.165, 1.54) is 0 Å². The zero-order chi connectivity index (χ0) is 14.3. The quantitative estimate of drug-likeness (QED) is 0.659. The highest BCUT2D eigenvalue weighted by Crippen LogP contribution is 2.16. The van der Waals surface area contributed by atoms with Crippen molar-refractivity contribution >= 4 is 5.82 Å². The summed E-state index contributed by atoms with van der Waals surface area (Å²) < 4.78 is 0. The first-order valence-corrected chi connectivity index (χ1v) is 6.82. The molecule has 1 heterocycles. The van der Waals surface area contributed by atoms with E-state index in [4.69, 9.17) is 5.73 Å². The highest BCUT2D eigenvalue weighted by Gasteiger charge is 2.18. The van der Waals surface area contributed by atoms with Crippen LogP contribution in [-0.4, -0.2) is 45.8 Å². The maximum Gasteiger partial charge on any atom is 0.123 e. The average Bonchev–Trinajstić information content (AvgIpc) is 2.43. The summed E-state index contributed by atoms with van der Waals surface area (Å²) in [5, 5.41) is 19.5. The monoisotopic (exact) mass is 267 g/mol. The minimum absolute atomic E-state index is 0.0444. The Kier molecular flexibility index (Phi) is 6.77. The third kappa shape index (κ3) is 5.14. The van der Waals surface area contributed by atoms with Crippen molar-refractivity contribution in [2.24, 2.45) is 0 Å². The van der Waals surface area contributed by atoms with Crippen molar-refractivity contribution in [3.8, 4) is 0 Å². The molecule has 0 spiro atoms. The Morgan fingerprint density at radius 3 is 2.68 bits per heavy atom. The van der Waals surface area contributed by atoms with Crippen LogP contribution in [0.5, 0.6) is 0 Å². The van der Waals surface area contributed by atoms with Gasteiger partial charge in [-0.15, -0.1) is 0 Å². The fourth-order valence-corrected chi connectivity index (χ4v) is 1.91. The molecule has 0 amide bonds. The molecule has 1 aromatic rings. The number of aliphatic hydroxyl groups is 2. The second-order valence-corrected chi connectivity index (χ2v) is 4.91. The molecule has 5 nitrogen and oxygen atoms in total. The number of hydrogen-bond donors (Lipinski definition) is 3. The smallest absolute Gasteiger partial charge is 0.123 e. The topological polar surface area (TPSA) is 82.6 Å². The van der Waals surface area contributed by atoms with Gasteiger partial charge in [-0.25, -0.2) is 4.98 Å². The van der Waals surface area contributed by atoms with Gasteiger partial charge in [0.05, 0.1) is 12.7 Å². The van der Waals surface area contributed by atoms with Crippen molar-refractivity contribution in [2.45, 2.75) is 38.8 Å². The summed E-state index contributed by atoms with van der Waals surface area (Å²) in [7, 11) is 0. The lowest BCUT2D eigenvalue weighted by molar-refractivity contribution is 0.0674. The number of hydrogen-bond acceptors (Lipinski definition) is 5. The second-order valence-electron chi connectivity index (χ2n) is 4.91. The lowest BCUT2D eigenvalue weighted by atomic mass is 10.1. The fraction of sp³-hybridized carbons (Fsp3) is 0.643. The van der Waals surface area contributed by atoms with Crippen LogP contribution in [0, 0.1) is 0 Å². The molecule has 0 radical (unpaired) electrons. The van der Waals surface area contributed by atoms with Crippen molar-refractivity contribution in [2.75, 3.05) is 25.4 Å². The highest BCUT2D eigenvalue weighted by atomic mass is 16.3. The Labute approximate surface area is 115 Å². The molecule has 0 saturated heterocycles. The van der Waals surface area contributed by atoms with Crippen LogP contribution in [0.15, 0.2) is 18.3 Å². The van der Waals surface area contributed by atoms with Crippen LogP contribution in [0.2, 0.25) is 0 Å². The summed E-state index contributed by atoms with van der Waals surface area (Å²) in [5.41, 5.74) is 6.28. The number of nitrogens with zero attached hydrogens (tertiary/aromatic N) is 2. The summed E-state index contributed by atoms with van der Waals surface area (Å²) in [6.45, 7) is 5.55. The predicted octanol–water partition coefficient (Wildman–Crippen LogP) is 1.18. The largest absolute Gasteiger partial charge is 0.395 e. The molecule has 1 aromatic heterocycles. The molecule has 5 heteroatoms. The third-order valence-corrected chi connectivity index (χ3v) is 3.29. The van der Waals surface area contributed by atoms with Crippen LogP contribution in [0.3, 0.4) is 0 Å². The number of rotatable bonds is 8. The van der Waals surface area contributed by atoms with Crippen LogP contribution in [0.4, 0.5) is 5.82 Å². The van der Waals surface area contributed by atoms with E-state index in [-0.39, 0.29) is 12.6 Å². The molecule has 0 bridgehead atoms. The van der Waals surface area contributed by atoms with Crippen LogP contribution < -0.4 is 5.73 Å². The summed E-state index contributed by atoms with van der Waals surface area (Å²) >= 11 is 0. The summed E-state index contributed by atoms with van der Waals surface area (Å²) in [6, 6.07) is 3.52. The first kappa shape index (κ1) is 15.9. The molecule has 108 valence electrons. The number of unbranched alkanes of at least 4 members (excludes halogenated alkanes) is 1. The van der Waals surface area contributed by atoms with Gasteiger partial charge in [0.25, 0.3) is 0 Å². The maximum absolute atomic E-state index is 10.2. The van der Waals surface area contributed by atoms with Crippen LogP contribution >= 0.6 is 0 Å². The second kappa shape index (κ2) is 8.09. The van der Waals surface area contributed by atoms with E-state index in [2.05, 4.69) is 16.8 Å². The van der Waals surface area contributed by atoms with E-state index in [0.717, 1.165) is 24.9 Å². The van der Waals surface area contributed by atoms with E-state index < -0.39 is 6.10 Å². The van der Waals surface area contributed by atoms with Gasteiger partial charge in [0.15, 0.2) is 0 Å². The number of anilines is 1. The van der Waals surface area contributed by atoms with Crippen LogP contribution in [0.25, 0.3) is 0 Å². The molecule has 4 N–H and O–H groups in total. The Morgan fingerprint density at radius 1 is 1.42 bits per heavy atom. The van der Waals surface area contributed by atoms with Gasteiger partial charge in [0, 0.05) is 24.3 Å². The first-order valence-electron chi connectivity index (χ1n) is 6.82. The first-order chi connectivity index (χ1) is 9.08. The Hall–Kier alpha value is -1.17. The molecule has 0 aliphatic rings. The van der Waals surface area contributed by atoms with Gasteiger partial charge >= 0.3 is 0 Å². The van der Waals surface area contributed by atoms with E-state index in [1.54, 1.807) is 18.3 Å². The molecular weight excluding hydrogens is 242 g/mol. The Balaban J connectivity index is 2.63. The van der Waals surface area contributed by atoms with Crippen LogP contribution in [0.1, 0.15) is 38.4 Å². The lowest BCUT2D eigenvalue weighted by Crippen LogP contribution is -2.39. The van der Waals surface area contributed by atoms with Crippen molar-refractivity contribution in [3.05, 3.63) is 23.9 Å². The van der Waals surface area contributed by atoms with Crippen molar-refractivity contribution in [3.63, 3.8) is 0 Å². The predicted molar refractivity (Wildman–Crippen MR) is 76.6 cm³/mol. The average molecular weight is 267 g/mol. The molecule has 0 fully saturated rings. The molecule has 0 aliphatic heterocycles. The number of aliphatic hydroxyl groups excluding tert-OH is 2. The van der Waals surface area contributed by atoms with E-state index >= 15 is 0 Å². The van der Waals surface area contributed by atoms with E-state index in [9.17, 15) is 10.2 Å². The highest BCUT2D eigenvalue weighted by molar-refractivity contribution is 5.30. The SMILES string of the molecule is CCCCN(C[C@H](O)c1ccc(N)nc1)[C@@H](C)CO. The summed E-state index contributed by atoms with van der Waals surface area (Å²) in [6.07, 6.45) is 3.13. The fourth-order valence-electron chi connectivity index (χ4n) is 1.91. The minimum atomic E-state index is -0.612. The van der Waals surface area contributed by atoms with Crippen molar-refractivity contribution in [1.82, 2.24) is 9.88 Å². The number of nitrogens with two attached hydrogens (primary N) is 1. The zero-order valence-corrected chi connectivity index (χ0v) is 11.8. The van der Waals surface area contributed by atoms with Crippen molar-refractivity contribution < 1.29 is 10.2 Å². The molecule has 0 aromatic carbocycles. The normalized spacial score (nSPS) is 14.6. The van der Waals surface area contributed by atoms with E-state index in [1.807, 2.05) is 6.92 Å². The van der Waals surface area contributed by atoms with Gasteiger partial charge < -0.3 is 15.9 Å². The molecule has 0 saturated carbocycles. The summed E-state index contributed by atoms with van der Waals surface area (Å²) in [4.78, 5) is 6.09. The lowest BCUT2D eigenvalue weighted by Gasteiger charge is -2.29. The van der Waals surface area contributed by atoms with Crippen LogP contribution in [-0.2, 0) is 0 Å². The Morgan fingerprint density at radius 2 is 2.16 bits per heavy atom. The van der Waals surface area contributed by atoms with Gasteiger partial charge in [-0.3, -0.25) is 4.90 Å². The van der Waals surface area contributed by atoms with Crippen molar-refractivity contribution in [1.29, 1.82) is 0 Å². The molecule has 0 unspecified atom stereocenters. The minimum Gasteiger partial charge on any atom is -0.395 e. The van der Waals surface area contributed by atoms with Gasteiger partial charge in [-0.05, 0) is 26.0 Å². The van der Waals surface area contributed by atoms with Gasteiger partial charge in [0.1, 0.15) is 5.82 Å². The number of nitrogen functional groups attached to an aromatic ring is 1. The van der Waals surface area contributed by atoms with Gasteiger partial charge in [0.2, 0.25) is 0 Å². The molecule has 2 atom stereocenters. The molecular formula is C14H25N3O2. The van der Waals surface area contributed by atoms with Gasteiger partial charge in [-0.2, -0.15) is 0 Å². The Bertz CT molecular complexity index is 356. The van der Waals surface area contributed by atoms with Gasteiger partial charge in [-0.1, -0.05) is 19.4 Å². The molecule has 19 heavy (non-hydrogen) atoms. The zero-order valence-electron chi connectivity index (χ0n) is 11.8. The number of aromatic nitrogens is 1. The summed E-state index contributed by atoms with van der Waals surface area (Å²) in [5.74, 6) is 0.447. The number of pyridine rings is 1. The molecule has 0 aliphatic carbocycles. The maximum atomic E-state index is 10.2. The molecule has 1 rings (SSSR count). The standard InChI is InChI=1S/C14H25N3O2/c1-3-4-7-17(11(2)10-18)9-13(19)12-5-6-14(15)16-8-12/h5-6,8,11,13,18-19H,3-4,7,9-10H2,1-2H3,(H2,15,16)/t11-,13-/m0/s1.